The molecule has 0 spiro atoms. The molecule has 2 rings (SSSR count). The molecule has 1 N–H and O–H groups in total. The van der Waals surface area contributed by atoms with Crippen molar-refractivity contribution in [1.82, 2.24) is 5.32 Å². The largest absolute Gasteiger partial charge is 0.316 e. The van der Waals surface area contributed by atoms with Crippen molar-refractivity contribution in [3.8, 4) is 10.4 Å². The first-order chi connectivity index (χ1) is 7.70. The second kappa shape index (κ2) is 5.19. The van der Waals surface area contributed by atoms with Crippen LogP contribution in [0.3, 0.4) is 0 Å². The highest BCUT2D eigenvalue weighted by Gasteiger charge is 2.06. The van der Waals surface area contributed by atoms with Crippen molar-refractivity contribution in [3.05, 3.63) is 45.3 Å². The highest BCUT2D eigenvalue weighted by Crippen LogP contribution is 2.34. The fraction of sp³-hybridized carbons (Fsp3) is 0.167. The monoisotopic (exact) mass is 271 g/mol. The van der Waals surface area contributed by atoms with Gasteiger partial charge in [-0.1, -0.05) is 29.3 Å². The SMILES string of the molecule is CNCc1csc(-c2ccc(Cl)cc2Cl)c1. The van der Waals surface area contributed by atoms with Crippen molar-refractivity contribution >= 4 is 34.5 Å². The van der Waals surface area contributed by atoms with Crippen LogP contribution < -0.4 is 5.32 Å². The van der Waals surface area contributed by atoms with Gasteiger partial charge in [-0.15, -0.1) is 11.3 Å². The molecule has 84 valence electrons. The van der Waals surface area contributed by atoms with Crippen molar-refractivity contribution < 1.29 is 0 Å². The Labute approximate surface area is 109 Å². The van der Waals surface area contributed by atoms with Crippen LogP contribution in [0.5, 0.6) is 0 Å². The van der Waals surface area contributed by atoms with E-state index in [1.54, 1.807) is 17.4 Å². The van der Waals surface area contributed by atoms with Crippen LogP contribution >= 0.6 is 34.5 Å². The number of hydrogen-bond acceptors (Lipinski definition) is 2. The van der Waals surface area contributed by atoms with Gasteiger partial charge in [0.2, 0.25) is 0 Å². The Bertz CT molecular complexity index is 494. The highest BCUT2D eigenvalue weighted by molar-refractivity contribution is 7.13. The van der Waals surface area contributed by atoms with Crippen molar-refractivity contribution in [2.75, 3.05) is 7.05 Å². The summed E-state index contributed by atoms with van der Waals surface area (Å²) in [5.74, 6) is 0. The molecule has 0 aliphatic rings. The van der Waals surface area contributed by atoms with Crippen LogP contribution in [-0.2, 0) is 6.54 Å². The van der Waals surface area contributed by atoms with Gasteiger partial charge < -0.3 is 5.32 Å². The molecule has 0 radical (unpaired) electrons. The van der Waals surface area contributed by atoms with E-state index in [0.29, 0.717) is 10.0 Å². The van der Waals surface area contributed by atoms with E-state index >= 15 is 0 Å². The van der Waals surface area contributed by atoms with Gasteiger partial charge in [0.15, 0.2) is 0 Å². The first-order valence-electron chi connectivity index (χ1n) is 4.88. The van der Waals surface area contributed by atoms with E-state index in [1.165, 1.54) is 10.4 Å². The Morgan fingerprint density at radius 2 is 2.06 bits per heavy atom. The van der Waals surface area contributed by atoms with E-state index < -0.39 is 0 Å². The van der Waals surface area contributed by atoms with Crippen LogP contribution in [0.1, 0.15) is 5.56 Å². The average Bonchev–Trinajstić information content (AvgIpc) is 2.67. The summed E-state index contributed by atoms with van der Waals surface area (Å²) in [7, 11) is 1.94. The number of thiophene rings is 1. The minimum absolute atomic E-state index is 0.667. The molecule has 1 heterocycles. The molecule has 0 aliphatic heterocycles. The van der Waals surface area contributed by atoms with Crippen LogP contribution in [0.4, 0.5) is 0 Å². The summed E-state index contributed by atoms with van der Waals surface area (Å²) in [5, 5.41) is 6.63. The summed E-state index contributed by atoms with van der Waals surface area (Å²) < 4.78 is 0. The maximum atomic E-state index is 6.16. The molecular weight excluding hydrogens is 261 g/mol. The van der Waals surface area contributed by atoms with Crippen LogP contribution in [-0.4, -0.2) is 7.05 Å². The van der Waals surface area contributed by atoms with E-state index in [1.807, 2.05) is 19.2 Å². The highest BCUT2D eigenvalue weighted by atomic mass is 35.5. The molecule has 4 heteroatoms. The van der Waals surface area contributed by atoms with Crippen LogP contribution in [0.25, 0.3) is 10.4 Å². The Morgan fingerprint density at radius 3 is 2.75 bits per heavy atom. The minimum atomic E-state index is 0.667. The molecule has 0 atom stereocenters. The van der Waals surface area contributed by atoms with E-state index in [2.05, 4.69) is 16.8 Å². The molecule has 0 aliphatic carbocycles. The van der Waals surface area contributed by atoms with E-state index in [-0.39, 0.29) is 0 Å². The lowest BCUT2D eigenvalue weighted by molar-refractivity contribution is 0.821. The van der Waals surface area contributed by atoms with E-state index in [9.17, 15) is 0 Å². The lowest BCUT2D eigenvalue weighted by Crippen LogP contribution is -2.03. The predicted molar refractivity (Wildman–Crippen MR) is 72.5 cm³/mol. The normalized spacial score (nSPS) is 10.7. The van der Waals surface area contributed by atoms with Gasteiger partial charge in [0, 0.05) is 22.0 Å². The summed E-state index contributed by atoms with van der Waals surface area (Å²) in [5.41, 5.74) is 2.31. The second-order valence-corrected chi connectivity index (χ2v) is 5.23. The Morgan fingerprint density at radius 1 is 1.25 bits per heavy atom. The predicted octanol–water partition coefficient (Wildman–Crippen LogP) is 4.44. The van der Waals surface area contributed by atoms with Crippen molar-refractivity contribution in [1.29, 1.82) is 0 Å². The Balaban J connectivity index is 2.35. The zero-order valence-electron chi connectivity index (χ0n) is 8.76. The third kappa shape index (κ3) is 2.58. The molecule has 2 aromatic rings. The average molecular weight is 272 g/mol. The van der Waals surface area contributed by atoms with Gasteiger partial charge in [-0.25, -0.2) is 0 Å². The maximum absolute atomic E-state index is 6.16. The molecule has 1 aromatic carbocycles. The second-order valence-electron chi connectivity index (χ2n) is 3.47. The van der Waals surface area contributed by atoms with Gasteiger partial charge in [-0.3, -0.25) is 0 Å². The summed E-state index contributed by atoms with van der Waals surface area (Å²) in [6.07, 6.45) is 0. The number of nitrogens with one attached hydrogen (secondary N) is 1. The quantitative estimate of drug-likeness (QED) is 0.870. The smallest absolute Gasteiger partial charge is 0.0507 e. The van der Waals surface area contributed by atoms with Gasteiger partial charge in [-0.2, -0.15) is 0 Å². The van der Waals surface area contributed by atoms with Gasteiger partial charge in [0.1, 0.15) is 0 Å². The molecule has 16 heavy (non-hydrogen) atoms. The number of benzene rings is 1. The summed E-state index contributed by atoms with van der Waals surface area (Å²) in [6, 6.07) is 7.74. The molecule has 0 saturated heterocycles. The van der Waals surface area contributed by atoms with Crippen molar-refractivity contribution in [2.24, 2.45) is 0 Å². The molecule has 0 bridgehead atoms. The summed E-state index contributed by atoms with van der Waals surface area (Å²) in [4.78, 5) is 1.17. The molecular formula is C12H11Cl2NS. The fourth-order valence-corrected chi connectivity index (χ4v) is 3.02. The molecule has 0 amide bonds. The molecule has 1 aromatic heterocycles. The lowest BCUT2D eigenvalue weighted by atomic mass is 10.1. The van der Waals surface area contributed by atoms with E-state index in [0.717, 1.165) is 12.1 Å². The molecule has 1 nitrogen and oxygen atoms in total. The van der Waals surface area contributed by atoms with Crippen LogP contribution in [0.15, 0.2) is 29.6 Å². The molecule has 0 fully saturated rings. The number of hydrogen-bond donors (Lipinski definition) is 1. The van der Waals surface area contributed by atoms with Crippen LogP contribution in [0.2, 0.25) is 10.0 Å². The Hall–Kier alpha value is -0.540. The zero-order chi connectivity index (χ0) is 11.5. The fourth-order valence-electron chi connectivity index (χ4n) is 1.50. The first-order valence-corrected chi connectivity index (χ1v) is 6.51. The number of halogens is 2. The molecule has 0 unspecified atom stereocenters. The minimum Gasteiger partial charge on any atom is -0.316 e. The van der Waals surface area contributed by atoms with E-state index in [4.69, 9.17) is 23.2 Å². The van der Waals surface area contributed by atoms with Crippen LogP contribution in [0, 0.1) is 0 Å². The summed E-state index contributed by atoms with van der Waals surface area (Å²) >= 11 is 13.7. The topological polar surface area (TPSA) is 12.0 Å². The molecule has 0 saturated carbocycles. The van der Waals surface area contributed by atoms with Crippen molar-refractivity contribution in [2.45, 2.75) is 6.54 Å². The summed E-state index contributed by atoms with van der Waals surface area (Å²) in [6.45, 7) is 0.877. The Kier molecular flexibility index (Phi) is 3.87. The van der Waals surface area contributed by atoms with Gasteiger partial charge in [-0.05, 0) is 36.2 Å². The zero-order valence-corrected chi connectivity index (χ0v) is 11.1. The van der Waals surface area contributed by atoms with Gasteiger partial charge >= 0.3 is 0 Å². The third-order valence-corrected chi connectivity index (χ3v) is 3.79. The maximum Gasteiger partial charge on any atom is 0.0507 e. The lowest BCUT2D eigenvalue weighted by Gasteiger charge is -2.01. The van der Waals surface area contributed by atoms with Gasteiger partial charge in [0.05, 0.1) is 5.02 Å². The third-order valence-electron chi connectivity index (χ3n) is 2.23. The first kappa shape index (κ1) is 11.9. The van der Waals surface area contributed by atoms with Crippen molar-refractivity contribution in [3.63, 3.8) is 0 Å². The number of rotatable bonds is 3. The van der Waals surface area contributed by atoms with Gasteiger partial charge in [0.25, 0.3) is 0 Å². The standard InChI is InChI=1S/C12H11Cl2NS/c1-15-6-8-4-12(16-7-8)10-3-2-9(13)5-11(10)14/h2-5,7,15H,6H2,1H3.